The van der Waals surface area contributed by atoms with Gasteiger partial charge in [0.05, 0.1) is 6.54 Å². The van der Waals surface area contributed by atoms with E-state index in [2.05, 4.69) is 9.97 Å². The van der Waals surface area contributed by atoms with Gasteiger partial charge < -0.3 is 9.64 Å². The number of allylic oxidation sites excluding steroid dienone is 1. The van der Waals surface area contributed by atoms with Crippen molar-refractivity contribution in [3.63, 3.8) is 0 Å². The highest BCUT2D eigenvalue weighted by atomic mass is 16.5. The lowest BCUT2D eigenvalue weighted by molar-refractivity contribution is -0.128. The first-order valence-electron chi connectivity index (χ1n) is 6.99. The highest BCUT2D eigenvalue weighted by Crippen LogP contribution is 2.17. The fraction of sp³-hybridized carbons (Fsp3) is 0.533. The molecule has 1 aromatic heterocycles. The van der Waals surface area contributed by atoms with Crippen LogP contribution in [0.15, 0.2) is 18.2 Å². The summed E-state index contributed by atoms with van der Waals surface area (Å²) in [6, 6.07) is 1.83. The molecule has 1 amide bonds. The molecular weight excluding hydrogens is 254 g/mol. The summed E-state index contributed by atoms with van der Waals surface area (Å²) in [7, 11) is 0. The number of likely N-dealkylation sites (tertiary alicyclic amines) is 1. The standard InChI is InChI=1S/C15H21N3O2/c1-4-6-15(19)18-8-5-7-13(10-18)20-14-9-11(2)16-12(3)17-14/h4,6,9,13H,5,7-8,10H2,1-3H3/b6-4+/t13-/m1/s1. The first-order chi connectivity index (χ1) is 9.58. The topological polar surface area (TPSA) is 55.3 Å². The van der Waals surface area contributed by atoms with Gasteiger partial charge in [-0.1, -0.05) is 6.08 Å². The Balaban J connectivity index is 2.00. The fourth-order valence-corrected chi connectivity index (χ4v) is 2.40. The van der Waals surface area contributed by atoms with E-state index < -0.39 is 0 Å². The minimum Gasteiger partial charge on any atom is -0.472 e. The van der Waals surface area contributed by atoms with Crippen LogP contribution in [0.2, 0.25) is 0 Å². The number of nitrogens with zero attached hydrogens (tertiary/aromatic N) is 3. The van der Waals surface area contributed by atoms with Gasteiger partial charge in [-0.25, -0.2) is 4.98 Å². The summed E-state index contributed by atoms with van der Waals surface area (Å²) < 4.78 is 5.91. The van der Waals surface area contributed by atoms with E-state index in [1.54, 1.807) is 12.2 Å². The predicted octanol–water partition coefficient (Wildman–Crippen LogP) is 2.04. The van der Waals surface area contributed by atoms with Crippen molar-refractivity contribution in [3.05, 3.63) is 29.7 Å². The summed E-state index contributed by atoms with van der Waals surface area (Å²) in [5.41, 5.74) is 0.894. The summed E-state index contributed by atoms with van der Waals surface area (Å²) >= 11 is 0. The molecule has 0 N–H and O–H groups in total. The van der Waals surface area contributed by atoms with Gasteiger partial charge in [-0.2, -0.15) is 4.98 Å². The van der Waals surface area contributed by atoms with Crippen molar-refractivity contribution in [1.82, 2.24) is 14.9 Å². The van der Waals surface area contributed by atoms with E-state index >= 15 is 0 Å². The number of aromatic nitrogens is 2. The molecule has 108 valence electrons. The maximum Gasteiger partial charge on any atom is 0.246 e. The van der Waals surface area contributed by atoms with Crippen LogP contribution in [0, 0.1) is 13.8 Å². The number of carbonyl (C=O) groups is 1. The van der Waals surface area contributed by atoms with Crippen molar-refractivity contribution in [2.24, 2.45) is 0 Å². The van der Waals surface area contributed by atoms with Crippen molar-refractivity contribution in [3.8, 4) is 5.88 Å². The average molecular weight is 275 g/mol. The molecule has 20 heavy (non-hydrogen) atoms. The highest BCUT2D eigenvalue weighted by molar-refractivity contribution is 5.87. The third kappa shape index (κ3) is 3.79. The molecule has 1 saturated heterocycles. The van der Waals surface area contributed by atoms with Gasteiger partial charge in [-0.15, -0.1) is 0 Å². The molecule has 0 saturated carbocycles. The Hall–Kier alpha value is -1.91. The molecule has 1 aliphatic rings. The zero-order valence-corrected chi connectivity index (χ0v) is 12.3. The van der Waals surface area contributed by atoms with Crippen LogP contribution in [0.1, 0.15) is 31.3 Å². The summed E-state index contributed by atoms with van der Waals surface area (Å²) in [5, 5.41) is 0. The predicted molar refractivity (Wildman–Crippen MR) is 76.6 cm³/mol. The summed E-state index contributed by atoms with van der Waals surface area (Å²) in [4.78, 5) is 22.2. The Kier molecular flexibility index (Phi) is 4.71. The smallest absolute Gasteiger partial charge is 0.246 e. The lowest BCUT2D eigenvalue weighted by atomic mass is 10.1. The van der Waals surface area contributed by atoms with Crippen LogP contribution in [0.5, 0.6) is 5.88 Å². The second kappa shape index (κ2) is 6.50. The van der Waals surface area contributed by atoms with Gasteiger partial charge in [-0.05, 0) is 39.7 Å². The molecule has 0 radical (unpaired) electrons. The van der Waals surface area contributed by atoms with Gasteiger partial charge in [0, 0.05) is 18.3 Å². The number of aryl methyl sites for hydroxylation is 2. The lowest BCUT2D eigenvalue weighted by Crippen LogP contribution is -2.43. The minimum atomic E-state index is 0.00616. The van der Waals surface area contributed by atoms with Gasteiger partial charge >= 0.3 is 0 Å². The molecule has 0 aliphatic carbocycles. The zero-order valence-electron chi connectivity index (χ0n) is 12.3. The van der Waals surface area contributed by atoms with Crippen molar-refractivity contribution >= 4 is 5.91 Å². The Morgan fingerprint density at radius 2 is 2.25 bits per heavy atom. The largest absolute Gasteiger partial charge is 0.472 e. The van der Waals surface area contributed by atoms with Gasteiger partial charge in [0.2, 0.25) is 11.8 Å². The molecular formula is C15H21N3O2. The summed E-state index contributed by atoms with van der Waals surface area (Å²) in [6.07, 6.45) is 5.27. The Bertz CT molecular complexity index is 494. The van der Waals surface area contributed by atoms with Gasteiger partial charge in [0.25, 0.3) is 0 Å². The SMILES string of the molecule is C/C=C/C(=O)N1CCC[C@@H](Oc2cc(C)nc(C)n2)C1. The molecule has 2 heterocycles. The number of hydrogen-bond acceptors (Lipinski definition) is 4. The molecule has 5 heteroatoms. The van der Waals surface area contributed by atoms with Gasteiger partial charge in [-0.3, -0.25) is 4.79 Å². The van der Waals surface area contributed by atoms with E-state index in [9.17, 15) is 4.79 Å². The Morgan fingerprint density at radius 1 is 1.45 bits per heavy atom. The normalized spacial score (nSPS) is 19.4. The third-order valence-electron chi connectivity index (χ3n) is 3.23. The number of amides is 1. The van der Waals surface area contributed by atoms with Crippen LogP contribution in [-0.4, -0.2) is 40.0 Å². The number of rotatable bonds is 3. The van der Waals surface area contributed by atoms with Crippen molar-refractivity contribution in [2.75, 3.05) is 13.1 Å². The second-order valence-corrected chi connectivity index (χ2v) is 5.06. The number of hydrogen-bond donors (Lipinski definition) is 0. The number of carbonyl (C=O) groups excluding carboxylic acids is 1. The molecule has 0 unspecified atom stereocenters. The Labute approximate surface area is 119 Å². The van der Waals surface area contributed by atoms with Crippen LogP contribution in [0.4, 0.5) is 0 Å². The Morgan fingerprint density at radius 3 is 2.95 bits per heavy atom. The van der Waals surface area contributed by atoms with E-state index in [4.69, 9.17) is 4.74 Å². The van der Waals surface area contributed by atoms with Crippen LogP contribution in [-0.2, 0) is 4.79 Å². The van der Waals surface area contributed by atoms with E-state index in [0.717, 1.165) is 25.1 Å². The van der Waals surface area contributed by atoms with Gasteiger partial charge in [0.1, 0.15) is 11.9 Å². The molecule has 2 rings (SSSR count). The summed E-state index contributed by atoms with van der Waals surface area (Å²) in [5.74, 6) is 1.36. The van der Waals surface area contributed by atoms with E-state index in [1.165, 1.54) is 0 Å². The molecule has 1 aromatic rings. The quantitative estimate of drug-likeness (QED) is 0.792. The molecule has 1 aliphatic heterocycles. The second-order valence-electron chi connectivity index (χ2n) is 5.06. The van der Waals surface area contributed by atoms with Crippen molar-refractivity contribution in [2.45, 2.75) is 39.7 Å². The molecule has 1 atom stereocenters. The molecule has 5 nitrogen and oxygen atoms in total. The van der Waals surface area contributed by atoms with E-state index in [0.29, 0.717) is 18.2 Å². The monoisotopic (exact) mass is 275 g/mol. The van der Waals surface area contributed by atoms with E-state index in [-0.39, 0.29) is 12.0 Å². The average Bonchev–Trinajstić information content (AvgIpc) is 2.38. The van der Waals surface area contributed by atoms with Crippen molar-refractivity contribution < 1.29 is 9.53 Å². The highest BCUT2D eigenvalue weighted by Gasteiger charge is 2.24. The van der Waals surface area contributed by atoms with Crippen LogP contribution in [0.3, 0.4) is 0 Å². The fourth-order valence-electron chi connectivity index (χ4n) is 2.40. The minimum absolute atomic E-state index is 0.00616. The van der Waals surface area contributed by atoms with Crippen LogP contribution < -0.4 is 4.74 Å². The van der Waals surface area contributed by atoms with Crippen molar-refractivity contribution in [1.29, 1.82) is 0 Å². The number of piperidine rings is 1. The van der Waals surface area contributed by atoms with Crippen LogP contribution in [0.25, 0.3) is 0 Å². The lowest BCUT2D eigenvalue weighted by Gasteiger charge is -2.32. The maximum atomic E-state index is 11.9. The first-order valence-corrected chi connectivity index (χ1v) is 6.99. The molecule has 0 bridgehead atoms. The number of ether oxygens (including phenoxy) is 1. The summed E-state index contributed by atoms with van der Waals surface area (Å²) in [6.45, 7) is 7.03. The zero-order chi connectivity index (χ0) is 14.5. The molecule has 1 fully saturated rings. The first kappa shape index (κ1) is 14.5. The van der Waals surface area contributed by atoms with Gasteiger partial charge in [0.15, 0.2) is 0 Å². The molecule has 0 aromatic carbocycles. The molecule has 0 spiro atoms. The third-order valence-corrected chi connectivity index (χ3v) is 3.23. The maximum absolute atomic E-state index is 11.9. The van der Waals surface area contributed by atoms with Crippen LogP contribution >= 0.6 is 0 Å². The van der Waals surface area contributed by atoms with E-state index in [1.807, 2.05) is 31.7 Å².